The number of hydrogen-bond acceptors (Lipinski definition) is 2. The van der Waals surface area contributed by atoms with Crippen LogP contribution in [-0.4, -0.2) is 13.1 Å². The molecule has 0 spiro atoms. The Hall–Kier alpha value is 1.38. The van der Waals surface area contributed by atoms with Crippen molar-refractivity contribution in [1.82, 2.24) is 0 Å². The molecule has 0 aliphatic carbocycles. The predicted molar refractivity (Wildman–Crippen MR) is 58.2 cm³/mol. The van der Waals surface area contributed by atoms with Gasteiger partial charge in [-0.2, -0.15) is 0 Å². The Morgan fingerprint density at radius 2 is 1.00 bits per heavy atom. The van der Waals surface area contributed by atoms with Crippen LogP contribution in [0.4, 0.5) is 0 Å². The van der Waals surface area contributed by atoms with Gasteiger partial charge in [-0.3, -0.25) is 0 Å². The molecule has 4 heteroatoms. The van der Waals surface area contributed by atoms with E-state index < -0.39 is 0 Å². The molecule has 0 heterocycles. The Kier molecular flexibility index (Phi) is 31.9. The third-order valence-corrected chi connectivity index (χ3v) is 0.658. The molecule has 0 amide bonds. The Morgan fingerprint density at radius 3 is 1.12 bits per heavy atom. The number of unbranched alkanes of at least 4 members (excludes halogenated alkanes) is 1. The lowest BCUT2D eigenvalue weighted by Gasteiger charge is -1.87. The second-order valence-corrected chi connectivity index (χ2v) is 1.28. The zero-order valence-electron chi connectivity index (χ0n) is 4.80. The molecule has 0 aromatic carbocycles. The van der Waals surface area contributed by atoms with E-state index in [1.165, 1.54) is 0 Å². The number of halogens is 2. The van der Waals surface area contributed by atoms with Crippen LogP contribution in [0.3, 0.4) is 0 Å². The van der Waals surface area contributed by atoms with Gasteiger partial charge in [-0.15, -0.1) is 48.0 Å². The first-order valence-corrected chi connectivity index (χ1v) is 2.32. The van der Waals surface area contributed by atoms with Crippen LogP contribution >= 0.6 is 48.0 Å². The largest absolute Gasteiger partial charge is 0.330 e. The maximum atomic E-state index is 5.16. The van der Waals surface area contributed by atoms with Crippen LogP contribution in [0.1, 0.15) is 12.8 Å². The molecule has 2 nitrogen and oxygen atoms in total. The fourth-order valence-electron chi connectivity index (χ4n) is 0.289. The van der Waals surface area contributed by atoms with Gasteiger partial charge in [0.05, 0.1) is 0 Å². The lowest BCUT2D eigenvalue weighted by atomic mass is 10.3. The highest BCUT2D eigenvalue weighted by Crippen LogP contribution is 1.77. The summed E-state index contributed by atoms with van der Waals surface area (Å²) in [6, 6.07) is 0. The van der Waals surface area contributed by atoms with Gasteiger partial charge in [0.2, 0.25) is 0 Å². The summed E-state index contributed by atoms with van der Waals surface area (Å²) in [7, 11) is 0. The van der Waals surface area contributed by atoms with Crippen molar-refractivity contribution < 1.29 is 0 Å². The minimum absolute atomic E-state index is 0. The average Bonchev–Trinajstić information content (AvgIpc) is 1.61. The van der Waals surface area contributed by atoms with Crippen LogP contribution in [0.2, 0.25) is 0 Å². The highest BCUT2D eigenvalue weighted by atomic mass is 127. The Labute approximate surface area is 84.8 Å². The maximum absolute atomic E-state index is 5.16. The molecular weight excluding hydrogens is 330 g/mol. The molecule has 0 rings (SSSR count). The second-order valence-electron chi connectivity index (χ2n) is 1.28. The summed E-state index contributed by atoms with van der Waals surface area (Å²) < 4.78 is 0. The number of hydrogen-bond donors (Lipinski definition) is 2. The molecular formula is C4H14I2N2. The smallest absolute Gasteiger partial charge is 0.00768 e. The standard InChI is InChI=1S/C4H12N2.2HI/c5-3-1-2-4-6;;/h1-6H2;2*1H. The summed E-state index contributed by atoms with van der Waals surface area (Å²) in [5.41, 5.74) is 10.3. The van der Waals surface area contributed by atoms with E-state index in [-0.39, 0.29) is 48.0 Å². The minimum Gasteiger partial charge on any atom is -0.330 e. The number of rotatable bonds is 3. The Balaban J connectivity index is -0.000000125. The van der Waals surface area contributed by atoms with Crippen molar-refractivity contribution in [3.05, 3.63) is 0 Å². The summed E-state index contributed by atoms with van der Waals surface area (Å²) in [6.07, 6.45) is 2.13. The van der Waals surface area contributed by atoms with Crippen LogP contribution in [0.5, 0.6) is 0 Å². The van der Waals surface area contributed by atoms with Crippen molar-refractivity contribution in [2.24, 2.45) is 11.5 Å². The average molecular weight is 344 g/mol. The molecule has 0 atom stereocenters. The zero-order valence-corrected chi connectivity index (χ0v) is 9.46. The van der Waals surface area contributed by atoms with E-state index in [1.54, 1.807) is 0 Å². The summed E-state index contributed by atoms with van der Waals surface area (Å²) in [6.45, 7) is 1.55. The van der Waals surface area contributed by atoms with Crippen LogP contribution in [0.15, 0.2) is 0 Å². The summed E-state index contributed by atoms with van der Waals surface area (Å²) in [5, 5.41) is 0. The van der Waals surface area contributed by atoms with Gasteiger partial charge in [0.25, 0.3) is 0 Å². The molecule has 0 radical (unpaired) electrons. The molecule has 0 aliphatic heterocycles. The molecule has 0 aliphatic rings. The second kappa shape index (κ2) is 15.8. The number of nitrogens with two attached hydrogens (primary N) is 2. The molecule has 0 unspecified atom stereocenters. The molecule has 0 fully saturated rings. The van der Waals surface area contributed by atoms with Crippen molar-refractivity contribution in [1.29, 1.82) is 0 Å². The first-order chi connectivity index (χ1) is 2.91. The van der Waals surface area contributed by atoms with Crippen LogP contribution < -0.4 is 11.5 Å². The first-order valence-electron chi connectivity index (χ1n) is 2.32. The van der Waals surface area contributed by atoms with Gasteiger partial charge in [0, 0.05) is 0 Å². The van der Waals surface area contributed by atoms with E-state index in [0.717, 1.165) is 25.9 Å². The van der Waals surface area contributed by atoms with E-state index in [0.29, 0.717) is 0 Å². The fourth-order valence-corrected chi connectivity index (χ4v) is 0.289. The molecule has 0 saturated heterocycles. The zero-order chi connectivity index (χ0) is 4.83. The molecule has 0 saturated carbocycles. The van der Waals surface area contributed by atoms with Crippen LogP contribution in [0, 0.1) is 0 Å². The lowest BCUT2D eigenvalue weighted by molar-refractivity contribution is 0.755. The topological polar surface area (TPSA) is 52.0 Å². The molecule has 0 aromatic rings. The molecule has 8 heavy (non-hydrogen) atoms. The van der Waals surface area contributed by atoms with Gasteiger partial charge in [-0.05, 0) is 25.9 Å². The highest BCUT2D eigenvalue weighted by molar-refractivity contribution is 14.0. The van der Waals surface area contributed by atoms with Gasteiger partial charge >= 0.3 is 0 Å². The fraction of sp³-hybridized carbons (Fsp3) is 1.00. The molecule has 0 aromatic heterocycles. The lowest BCUT2D eigenvalue weighted by Crippen LogP contribution is -2.03. The molecule has 4 N–H and O–H groups in total. The highest BCUT2D eigenvalue weighted by Gasteiger charge is 1.75. The van der Waals surface area contributed by atoms with E-state index in [9.17, 15) is 0 Å². The maximum Gasteiger partial charge on any atom is -0.00768 e. The van der Waals surface area contributed by atoms with Gasteiger partial charge < -0.3 is 11.5 Å². The minimum atomic E-state index is 0. The van der Waals surface area contributed by atoms with Crippen molar-refractivity contribution in [3.63, 3.8) is 0 Å². The van der Waals surface area contributed by atoms with E-state index in [2.05, 4.69) is 0 Å². The van der Waals surface area contributed by atoms with Crippen molar-refractivity contribution in [2.75, 3.05) is 13.1 Å². The third kappa shape index (κ3) is 15.7. The Morgan fingerprint density at radius 1 is 0.750 bits per heavy atom. The molecule has 0 bridgehead atoms. The van der Waals surface area contributed by atoms with Crippen molar-refractivity contribution >= 4 is 48.0 Å². The monoisotopic (exact) mass is 344 g/mol. The SMILES string of the molecule is I.I.NCCCCN. The van der Waals surface area contributed by atoms with Gasteiger partial charge in [0.1, 0.15) is 0 Å². The van der Waals surface area contributed by atoms with Crippen LogP contribution in [-0.2, 0) is 0 Å². The van der Waals surface area contributed by atoms with E-state index in [1.807, 2.05) is 0 Å². The third-order valence-electron chi connectivity index (χ3n) is 0.658. The van der Waals surface area contributed by atoms with Crippen molar-refractivity contribution in [3.8, 4) is 0 Å². The van der Waals surface area contributed by atoms with Gasteiger partial charge in [-0.1, -0.05) is 0 Å². The Bertz CT molecular complexity index is 24.0. The summed E-state index contributed by atoms with van der Waals surface area (Å²) in [4.78, 5) is 0. The summed E-state index contributed by atoms with van der Waals surface area (Å²) >= 11 is 0. The van der Waals surface area contributed by atoms with Crippen molar-refractivity contribution in [2.45, 2.75) is 12.8 Å². The van der Waals surface area contributed by atoms with Crippen LogP contribution in [0.25, 0.3) is 0 Å². The molecule has 54 valence electrons. The normalized spacial score (nSPS) is 6.75. The van der Waals surface area contributed by atoms with Gasteiger partial charge in [-0.25, -0.2) is 0 Å². The van der Waals surface area contributed by atoms with Gasteiger partial charge in [0.15, 0.2) is 0 Å². The summed E-state index contributed by atoms with van der Waals surface area (Å²) in [5.74, 6) is 0. The quantitative estimate of drug-likeness (QED) is 0.591. The van der Waals surface area contributed by atoms with E-state index >= 15 is 0 Å². The predicted octanol–water partition coefficient (Wildman–Crippen LogP) is 0.920. The van der Waals surface area contributed by atoms with E-state index in [4.69, 9.17) is 11.5 Å². The first kappa shape index (κ1) is 16.2.